The van der Waals surface area contributed by atoms with Gasteiger partial charge in [-0.1, -0.05) is 13.8 Å². The molecule has 1 atom stereocenters. The van der Waals surface area contributed by atoms with Crippen molar-refractivity contribution >= 4 is 11.9 Å². The number of hydrogen-bond acceptors (Lipinski definition) is 4. The number of rotatable bonds is 6. The molecule has 0 aromatic carbocycles. The number of ether oxygens (including phenoxy) is 1. The summed E-state index contributed by atoms with van der Waals surface area (Å²) < 4.78 is 4.34. The number of carboxylic acids is 1. The minimum absolute atomic E-state index is 0.0507. The Hall–Kier alpha value is -1.10. The van der Waals surface area contributed by atoms with Crippen LogP contribution in [-0.4, -0.2) is 34.9 Å². The molecule has 0 aliphatic heterocycles. The number of methoxy groups -OCH3 is 1. The minimum Gasteiger partial charge on any atom is -0.479 e. The van der Waals surface area contributed by atoms with Gasteiger partial charge < -0.3 is 14.9 Å². The van der Waals surface area contributed by atoms with Gasteiger partial charge in [-0.3, -0.25) is 4.79 Å². The highest BCUT2D eigenvalue weighted by Crippen LogP contribution is 2.21. The van der Waals surface area contributed by atoms with Crippen molar-refractivity contribution in [2.24, 2.45) is 5.92 Å². The molecule has 2 N–H and O–H groups in total. The van der Waals surface area contributed by atoms with Crippen LogP contribution in [-0.2, 0) is 14.3 Å². The zero-order chi connectivity index (χ0) is 12.1. The summed E-state index contributed by atoms with van der Waals surface area (Å²) in [5, 5.41) is 18.6. The van der Waals surface area contributed by atoms with E-state index in [2.05, 4.69) is 4.74 Å². The molecule has 0 saturated heterocycles. The Labute approximate surface area is 89.0 Å². The van der Waals surface area contributed by atoms with Crippen molar-refractivity contribution in [2.45, 2.75) is 38.7 Å². The Bertz CT molecular complexity index is 236. The van der Waals surface area contributed by atoms with E-state index >= 15 is 0 Å². The van der Waals surface area contributed by atoms with Crippen molar-refractivity contribution < 1.29 is 24.5 Å². The lowest BCUT2D eigenvalue weighted by Gasteiger charge is -2.22. The molecular weight excluding hydrogens is 200 g/mol. The highest BCUT2D eigenvalue weighted by atomic mass is 16.5. The SMILES string of the molecule is COC(=O)C[C@](O)(CCC(C)C)C(=O)O. The van der Waals surface area contributed by atoms with E-state index in [1.165, 1.54) is 0 Å². The largest absolute Gasteiger partial charge is 0.479 e. The van der Waals surface area contributed by atoms with Gasteiger partial charge in [-0.25, -0.2) is 4.79 Å². The van der Waals surface area contributed by atoms with Crippen molar-refractivity contribution in [3.63, 3.8) is 0 Å². The van der Waals surface area contributed by atoms with Crippen molar-refractivity contribution in [1.82, 2.24) is 0 Å². The third kappa shape index (κ3) is 4.78. The van der Waals surface area contributed by atoms with E-state index in [-0.39, 0.29) is 12.3 Å². The first-order valence-corrected chi connectivity index (χ1v) is 4.84. The molecule has 0 bridgehead atoms. The molecular formula is C10H18O5. The summed E-state index contributed by atoms with van der Waals surface area (Å²) in [6.07, 6.45) is 0.0838. The fourth-order valence-electron chi connectivity index (χ4n) is 1.11. The number of carboxylic acid groups (broad SMARTS) is 1. The number of carbonyl (C=O) groups excluding carboxylic acids is 1. The lowest BCUT2D eigenvalue weighted by molar-refractivity contribution is -0.167. The van der Waals surface area contributed by atoms with Crippen LogP contribution >= 0.6 is 0 Å². The molecule has 5 heteroatoms. The number of esters is 1. The molecule has 0 radical (unpaired) electrons. The molecule has 0 aliphatic carbocycles. The summed E-state index contributed by atoms with van der Waals surface area (Å²) in [6, 6.07) is 0. The van der Waals surface area contributed by atoms with Gasteiger partial charge in [0.05, 0.1) is 13.5 Å². The van der Waals surface area contributed by atoms with Gasteiger partial charge >= 0.3 is 11.9 Å². The average molecular weight is 218 g/mol. The van der Waals surface area contributed by atoms with Crippen molar-refractivity contribution in [3.05, 3.63) is 0 Å². The molecule has 0 fully saturated rings. The molecule has 0 rings (SSSR count). The molecule has 0 spiro atoms. The van der Waals surface area contributed by atoms with Crippen LogP contribution in [0.1, 0.15) is 33.1 Å². The lowest BCUT2D eigenvalue weighted by Crippen LogP contribution is -2.41. The molecule has 88 valence electrons. The van der Waals surface area contributed by atoms with Crippen LogP contribution < -0.4 is 0 Å². The number of carbonyl (C=O) groups is 2. The first-order chi connectivity index (χ1) is 6.81. The first kappa shape index (κ1) is 13.9. The van der Waals surface area contributed by atoms with Crippen LogP contribution in [0.4, 0.5) is 0 Å². The van der Waals surface area contributed by atoms with E-state index in [0.29, 0.717) is 6.42 Å². The predicted octanol–water partition coefficient (Wildman–Crippen LogP) is 0.801. The molecule has 0 unspecified atom stereocenters. The molecule has 0 aliphatic rings. The fraction of sp³-hybridized carbons (Fsp3) is 0.800. The third-order valence-corrected chi connectivity index (χ3v) is 2.20. The van der Waals surface area contributed by atoms with E-state index in [4.69, 9.17) is 5.11 Å². The smallest absolute Gasteiger partial charge is 0.336 e. The summed E-state index contributed by atoms with van der Waals surface area (Å²) in [4.78, 5) is 21.8. The van der Waals surface area contributed by atoms with E-state index in [1.54, 1.807) is 0 Å². The van der Waals surface area contributed by atoms with E-state index in [9.17, 15) is 14.7 Å². The predicted molar refractivity (Wildman–Crippen MR) is 53.3 cm³/mol. The summed E-state index contributed by atoms with van der Waals surface area (Å²) in [7, 11) is 1.16. The van der Waals surface area contributed by atoms with Crippen LogP contribution in [0.25, 0.3) is 0 Å². The van der Waals surface area contributed by atoms with Crippen molar-refractivity contribution in [1.29, 1.82) is 0 Å². The Kier molecular flexibility index (Phi) is 5.28. The van der Waals surface area contributed by atoms with Crippen LogP contribution in [0.5, 0.6) is 0 Å². The van der Waals surface area contributed by atoms with Crippen LogP contribution in [0.3, 0.4) is 0 Å². The number of aliphatic carboxylic acids is 1. The lowest BCUT2D eigenvalue weighted by atomic mass is 9.90. The molecule has 0 heterocycles. The maximum Gasteiger partial charge on any atom is 0.336 e. The van der Waals surface area contributed by atoms with Gasteiger partial charge in [0, 0.05) is 0 Å². The van der Waals surface area contributed by atoms with Gasteiger partial charge in [0.25, 0.3) is 0 Å². The average Bonchev–Trinajstić information content (AvgIpc) is 2.14. The van der Waals surface area contributed by atoms with Gasteiger partial charge in [-0.2, -0.15) is 0 Å². The third-order valence-electron chi connectivity index (χ3n) is 2.20. The molecule has 0 aromatic rings. The normalized spacial score (nSPS) is 14.7. The topological polar surface area (TPSA) is 83.8 Å². The zero-order valence-corrected chi connectivity index (χ0v) is 9.32. The van der Waals surface area contributed by atoms with Crippen LogP contribution in [0.15, 0.2) is 0 Å². The van der Waals surface area contributed by atoms with Crippen molar-refractivity contribution in [3.8, 4) is 0 Å². The highest BCUT2D eigenvalue weighted by molar-refractivity contribution is 5.84. The maximum absolute atomic E-state index is 10.9. The fourth-order valence-corrected chi connectivity index (χ4v) is 1.11. The Morgan fingerprint density at radius 2 is 1.93 bits per heavy atom. The van der Waals surface area contributed by atoms with Crippen LogP contribution in [0, 0.1) is 5.92 Å². The van der Waals surface area contributed by atoms with Crippen LogP contribution in [0.2, 0.25) is 0 Å². The standard InChI is InChI=1S/C10H18O5/c1-7(2)4-5-10(14,9(12)13)6-8(11)15-3/h7,14H,4-6H2,1-3H3,(H,12,13)/t10-/m1/s1. The van der Waals surface area contributed by atoms with Gasteiger partial charge in [-0.05, 0) is 18.8 Å². The molecule has 0 amide bonds. The second kappa shape index (κ2) is 5.70. The summed E-state index contributed by atoms with van der Waals surface area (Å²) >= 11 is 0. The van der Waals surface area contributed by atoms with Gasteiger partial charge in [0.15, 0.2) is 5.60 Å². The molecule has 0 saturated carbocycles. The Balaban J connectivity index is 4.45. The highest BCUT2D eigenvalue weighted by Gasteiger charge is 2.38. The second-order valence-corrected chi connectivity index (χ2v) is 4.02. The summed E-state index contributed by atoms with van der Waals surface area (Å²) in [5.41, 5.74) is -2.00. The summed E-state index contributed by atoms with van der Waals surface area (Å²) in [5.74, 6) is -1.83. The van der Waals surface area contributed by atoms with Gasteiger partial charge in [-0.15, -0.1) is 0 Å². The maximum atomic E-state index is 10.9. The quantitative estimate of drug-likeness (QED) is 0.644. The van der Waals surface area contributed by atoms with Gasteiger partial charge in [0.2, 0.25) is 0 Å². The Morgan fingerprint density at radius 3 is 2.27 bits per heavy atom. The van der Waals surface area contributed by atoms with Crippen molar-refractivity contribution in [2.75, 3.05) is 7.11 Å². The van der Waals surface area contributed by atoms with E-state index in [1.807, 2.05) is 13.8 Å². The first-order valence-electron chi connectivity index (χ1n) is 4.84. The zero-order valence-electron chi connectivity index (χ0n) is 9.32. The number of hydrogen-bond donors (Lipinski definition) is 2. The second-order valence-electron chi connectivity index (χ2n) is 4.02. The summed E-state index contributed by atoms with van der Waals surface area (Å²) in [6.45, 7) is 3.83. The van der Waals surface area contributed by atoms with E-state index < -0.39 is 24.0 Å². The number of aliphatic hydroxyl groups is 1. The monoisotopic (exact) mass is 218 g/mol. The van der Waals surface area contributed by atoms with Gasteiger partial charge in [0.1, 0.15) is 0 Å². The molecule has 5 nitrogen and oxygen atoms in total. The van der Waals surface area contributed by atoms with E-state index in [0.717, 1.165) is 7.11 Å². The molecule has 15 heavy (non-hydrogen) atoms. The minimum atomic E-state index is -2.00. The Morgan fingerprint density at radius 1 is 1.40 bits per heavy atom. The molecule has 0 aromatic heterocycles.